The highest BCUT2D eigenvalue weighted by Gasteiger charge is 2.28. The summed E-state index contributed by atoms with van der Waals surface area (Å²) in [5.41, 5.74) is 1.52. The van der Waals surface area contributed by atoms with Crippen molar-refractivity contribution in [2.24, 2.45) is 0 Å². The van der Waals surface area contributed by atoms with E-state index >= 15 is 0 Å². The van der Waals surface area contributed by atoms with E-state index in [0.29, 0.717) is 5.56 Å². The molecular weight excluding hydrogens is 242 g/mol. The van der Waals surface area contributed by atoms with Crippen molar-refractivity contribution in [3.63, 3.8) is 0 Å². The molecule has 0 bridgehead atoms. The molecule has 1 N–H and O–H groups in total. The van der Waals surface area contributed by atoms with Crippen molar-refractivity contribution in [3.8, 4) is 0 Å². The number of rotatable bonds is 3. The summed E-state index contributed by atoms with van der Waals surface area (Å²) in [6.07, 6.45) is 2.53. The number of benzene rings is 2. The van der Waals surface area contributed by atoms with Gasteiger partial charge in [-0.2, -0.15) is 0 Å². The first kappa shape index (κ1) is 11.5. The molecule has 0 aromatic heterocycles. The lowest BCUT2D eigenvalue weighted by atomic mass is 10.1. The lowest BCUT2D eigenvalue weighted by Crippen LogP contribution is -2.26. The molecule has 1 aliphatic heterocycles. The number of anilines is 1. The molecule has 0 fully saturated rings. The minimum Gasteiger partial charge on any atom is -0.478 e. The predicted octanol–water partition coefficient (Wildman–Crippen LogP) is 2.44. The first-order valence-corrected chi connectivity index (χ1v) is 5.91. The van der Waals surface area contributed by atoms with Crippen LogP contribution in [0.25, 0.3) is 10.8 Å². The summed E-state index contributed by atoms with van der Waals surface area (Å²) >= 11 is 0. The van der Waals surface area contributed by atoms with E-state index in [9.17, 15) is 9.59 Å². The molecule has 0 atom stereocenters. The SMILES string of the molecule is O=C(O)C=CCN1C(=O)c2cccc3cccc1c23. The van der Waals surface area contributed by atoms with Crippen molar-refractivity contribution in [1.82, 2.24) is 0 Å². The average molecular weight is 253 g/mol. The van der Waals surface area contributed by atoms with Gasteiger partial charge in [0.15, 0.2) is 0 Å². The molecule has 0 saturated carbocycles. The van der Waals surface area contributed by atoms with Crippen molar-refractivity contribution in [2.45, 2.75) is 0 Å². The third-order valence-corrected chi connectivity index (χ3v) is 3.20. The molecule has 0 radical (unpaired) electrons. The summed E-state index contributed by atoms with van der Waals surface area (Å²) in [6.45, 7) is 0.263. The van der Waals surface area contributed by atoms with Crippen LogP contribution in [-0.2, 0) is 4.79 Å². The number of hydrogen-bond acceptors (Lipinski definition) is 2. The minimum atomic E-state index is -1.01. The lowest BCUT2D eigenvalue weighted by Gasteiger charge is -2.14. The predicted molar refractivity (Wildman–Crippen MR) is 72.4 cm³/mol. The van der Waals surface area contributed by atoms with E-state index in [1.54, 1.807) is 11.0 Å². The van der Waals surface area contributed by atoms with Crippen LogP contribution in [0.1, 0.15) is 10.4 Å². The topological polar surface area (TPSA) is 57.6 Å². The Labute approximate surface area is 109 Å². The normalized spacial score (nSPS) is 13.7. The number of nitrogens with zero attached hydrogens (tertiary/aromatic N) is 1. The van der Waals surface area contributed by atoms with Gasteiger partial charge in [-0.15, -0.1) is 0 Å². The first-order chi connectivity index (χ1) is 9.18. The number of aliphatic carboxylic acids is 1. The molecule has 2 aromatic rings. The van der Waals surface area contributed by atoms with Crippen molar-refractivity contribution in [2.75, 3.05) is 11.4 Å². The molecular formula is C15H11NO3. The monoisotopic (exact) mass is 253 g/mol. The number of carbonyl (C=O) groups is 2. The minimum absolute atomic E-state index is 0.0816. The van der Waals surface area contributed by atoms with E-state index in [-0.39, 0.29) is 12.5 Å². The number of amides is 1. The maximum atomic E-state index is 12.3. The molecule has 19 heavy (non-hydrogen) atoms. The molecule has 0 spiro atoms. The fourth-order valence-corrected chi connectivity index (χ4v) is 2.42. The molecule has 1 amide bonds. The average Bonchev–Trinajstić information content (AvgIpc) is 2.67. The maximum absolute atomic E-state index is 12.3. The van der Waals surface area contributed by atoms with Crippen LogP contribution in [-0.4, -0.2) is 23.5 Å². The summed E-state index contributed by atoms with van der Waals surface area (Å²) in [6, 6.07) is 11.4. The first-order valence-electron chi connectivity index (χ1n) is 5.91. The van der Waals surface area contributed by atoms with Gasteiger partial charge in [-0.05, 0) is 17.5 Å². The Morgan fingerprint density at radius 3 is 2.68 bits per heavy atom. The van der Waals surface area contributed by atoms with Gasteiger partial charge < -0.3 is 10.0 Å². The van der Waals surface area contributed by atoms with Crippen LogP contribution in [0.3, 0.4) is 0 Å². The smallest absolute Gasteiger partial charge is 0.328 e. The largest absolute Gasteiger partial charge is 0.478 e. The van der Waals surface area contributed by atoms with Gasteiger partial charge in [0.1, 0.15) is 0 Å². The van der Waals surface area contributed by atoms with Crippen LogP contribution in [0.4, 0.5) is 5.69 Å². The van der Waals surface area contributed by atoms with Crippen molar-refractivity contribution < 1.29 is 14.7 Å². The fourth-order valence-electron chi connectivity index (χ4n) is 2.42. The van der Waals surface area contributed by atoms with Gasteiger partial charge >= 0.3 is 5.97 Å². The van der Waals surface area contributed by atoms with Gasteiger partial charge in [0.05, 0.1) is 5.69 Å². The summed E-state index contributed by atoms with van der Waals surface area (Å²) in [7, 11) is 0. The second-order valence-corrected chi connectivity index (χ2v) is 4.34. The van der Waals surface area contributed by atoms with E-state index < -0.39 is 5.97 Å². The Morgan fingerprint density at radius 1 is 1.21 bits per heavy atom. The second kappa shape index (κ2) is 4.24. The lowest BCUT2D eigenvalue weighted by molar-refractivity contribution is -0.131. The summed E-state index contributed by atoms with van der Waals surface area (Å²) in [4.78, 5) is 24.4. The molecule has 0 unspecified atom stereocenters. The van der Waals surface area contributed by atoms with E-state index in [0.717, 1.165) is 22.5 Å². The van der Waals surface area contributed by atoms with E-state index in [2.05, 4.69) is 0 Å². The van der Waals surface area contributed by atoms with Gasteiger partial charge in [-0.25, -0.2) is 4.79 Å². The Balaban J connectivity index is 2.05. The van der Waals surface area contributed by atoms with Gasteiger partial charge in [-0.3, -0.25) is 4.79 Å². The molecule has 0 saturated heterocycles. The Morgan fingerprint density at radius 2 is 1.95 bits per heavy atom. The van der Waals surface area contributed by atoms with Crippen LogP contribution in [0, 0.1) is 0 Å². The van der Waals surface area contributed by atoms with Crippen molar-refractivity contribution in [1.29, 1.82) is 0 Å². The molecule has 3 rings (SSSR count). The van der Waals surface area contributed by atoms with Crippen molar-refractivity contribution in [3.05, 3.63) is 54.1 Å². The van der Waals surface area contributed by atoms with E-state index in [4.69, 9.17) is 5.11 Å². The zero-order valence-electron chi connectivity index (χ0n) is 10.0. The van der Waals surface area contributed by atoms with Crippen LogP contribution < -0.4 is 4.90 Å². The number of hydrogen-bond donors (Lipinski definition) is 1. The molecule has 0 aliphatic carbocycles. The summed E-state index contributed by atoms with van der Waals surface area (Å²) in [5, 5.41) is 10.6. The zero-order valence-corrected chi connectivity index (χ0v) is 10.0. The molecule has 94 valence electrons. The van der Waals surface area contributed by atoms with Crippen LogP contribution in [0.2, 0.25) is 0 Å². The zero-order chi connectivity index (χ0) is 13.4. The Bertz CT molecular complexity index is 713. The molecule has 1 aliphatic rings. The molecule has 2 aromatic carbocycles. The van der Waals surface area contributed by atoms with Gasteiger partial charge in [-0.1, -0.05) is 30.3 Å². The van der Waals surface area contributed by atoms with E-state index in [1.165, 1.54) is 6.08 Å². The van der Waals surface area contributed by atoms with Crippen LogP contribution in [0.15, 0.2) is 48.6 Å². The van der Waals surface area contributed by atoms with Crippen LogP contribution >= 0.6 is 0 Å². The quantitative estimate of drug-likeness (QED) is 0.855. The third kappa shape index (κ3) is 1.78. The molecule has 4 nitrogen and oxygen atoms in total. The molecule has 4 heteroatoms. The fraction of sp³-hybridized carbons (Fsp3) is 0.0667. The standard InChI is InChI=1S/C15H11NO3/c17-13(18)8-3-9-16-12-7-2-5-10-4-1-6-11(14(10)12)15(16)19/h1-8H,9H2,(H,17,18). The molecule has 1 heterocycles. The van der Waals surface area contributed by atoms with Crippen LogP contribution in [0.5, 0.6) is 0 Å². The highest BCUT2D eigenvalue weighted by atomic mass is 16.4. The summed E-state index contributed by atoms with van der Waals surface area (Å²) < 4.78 is 0. The number of carboxylic acid groups (broad SMARTS) is 1. The summed E-state index contributed by atoms with van der Waals surface area (Å²) in [5.74, 6) is -1.09. The van der Waals surface area contributed by atoms with E-state index in [1.807, 2.05) is 30.3 Å². The maximum Gasteiger partial charge on any atom is 0.328 e. The highest BCUT2D eigenvalue weighted by Crippen LogP contribution is 2.36. The number of carbonyl (C=O) groups excluding carboxylic acids is 1. The van der Waals surface area contributed by atoms with Gasteiger partial charge in [0.2, 0.25) is 0 Å². The van der Waals surface area contributed by atoms with Gasteiger partial charge in [0, 0.05) is 23.6 Å². The Hall–Kier alpha value is -2.62. The third-order valence-electron chi connectivity index (χ3n) is 3.20. The highest BCUT2D eigenvalue weighted by molar-refractivity contribution is 6.25. The van der Waals surface area contributed by atoms with Crippen molar-refractivity contribution >= 4 is 28.3 Å². The number of carboxylic acids is 1. The van der Waals surface area contributed by atoms with Gasteiger partial charge in [0.25, 0.3) is 5.91 Å². The Kier molecular flexibility index (Phi) is 2.56. The second-order valence-electron chi connectivity index (χ2n) is 4.34.